The van der Waals surface area contributed by atoms with Gasteiger partial charge in [0.05, 0.1) is 7.11 Å². The van der Waals surface area contributed by atoms with Gasteiger partial charge in [0.15, 0.2) is 0 Å². The molecule has 0 saturated heterocycles. The molecule has 2 aromatic rings. The van der Waals surface area contributed by atoms with E-state index in [9.17, 15) is 10.1 Å². The fourth-order valence-corrected chi connectivity index (χ4v) is 2.19. The quantitative estimate of drug-likeness (QED) is 0.657. The number of nitrogens with one attached hydrogen (secondary N) is 1. The van der Waals surface area contributed by atoms with Crippen LogP contribution in [-0.4, -0.2) is 13.0 Å². The molecule has 122 valence electrons. The van der Waals surface area contributed by atoms with E-state index in [0.717, 1.165) is 5.56 Å². The van der Waals surface area contributed by atoms with Crippen LogP contribution in [0.3, 0.4) is 0 Å². The summed E-state index contributed by atoms with van der Waals surface area (Å²) in [5.41, 5.74) is 2.66. The SMILES string of the molecule is COc1cccc(NC(=O)/C(C#N)=C\c2ccc(C(C)C)cc2)c1. The molecule has 0 aliphatic carbocycles. The van der Waals surface area contributed by atoms with Crippen LogP contribution < -0.4 is 10.1 Å². The van der Waals surface area contributed by atoms with Gasteiger partial charge in [-0.3, -0.25) is 4.79 Å². The molecular weight excluding hydrogens is 300 g/mol. The van der Waals surface area contributed by atoms with Crippen LogP contribution in [0.15, 0.2) is 54.1 Å². The maximum Gasteiger partial charge on any atom is 0.266 e. The second kappa shape index (κ2) is 7.98. The molecule has 0 aliphatic heterocycles. The highest BCUT2D eigenvalue weighted by Gasteiger charge is 2.10. The zero-order chi connectivity index (χ0) is 17.5. The molecule has 0 aromatic heterocycles. The van der Waals surface area contributed by atoms with Crippen molar-refractivity contribution in [3.05, 3.63) is 65.2 Å². The van der Waals surface area contributed by atoms with Crippen molar-refractivity contribution in [2.24, 2.45) is 0 Å². The lowest BCUT2D eigenvalue weighted by molar-refractivity contribution is -0.112. The number of ether oxygens (including phenoxy) is 1. The molecule has 0 heterocycles. The number of nitriles is 1. The Morgan fingerprint density at radius 1 is 1.21 bits per heavy atom. The van der Waals surface area contributed by atoms with E-state index in [2.05, 4.69) is 19.2 Å². The number of carbonyl (C=O) groups excluding carboxylic acids is 1. The summed E-state index contributed by atoms with van der Waals surface area (Å²) in [6.45, 7) is 4.24. The van der Waals surface area contributed by atoms with E-state index in [0.29, 0.717) is 17.4 Å². The van der Waals surface area contributed by atoms with Crippen molar-refractivity contribution in [3.63, 3.8) is 0 Å². The minimum absolute atomic E-state index is 0.0510. The largest absolute Gasteiger partial charge is 0.497 e. The summed E-state index contributed by atoms with van der Waals surface area (Å²) in [5.74, 6) is 0.632. The minimum atomic E-state index is -0.446. The third kappa shape index (κ3) is 4.47. The average molecular weight is 320 g/mol. The Bertz CT molecular complexity index is 784. The highest BCUT2D eigenvalue weighted by Crippen LogP contribution is 2.19. The Kier molecular flexibility index (Phi) is 5.75. The van der Waals surface area contributed by atoms with Crippen LogP contribution in [0.2, 0.25) is 0 Å². The van der Waals surface area contributed by atoms with Crippen molar-refractivity contribution in [2.45, 2.75) is 19.8 Å². The fourth-order valence-electron chi connectivity index (χ4n) is 2.19. The van der Waals surface area contributed by atoms with Crippen LogP contribution in [0.4, 0.5) is 5.69 Å². The van der Waals surface area contributed by atoms with Gasteiger partial charge in [-0.25, -0.2) is 0 Å². The number of amides is 1. The molecule has 0 bridgehead atoms. The molecule has 4 nitrogen and oxygen atoms in total. The summed E-state index contributed by atoms with van der Waals surface area (Å²) in [4.78, 5) is 12.3. The number of nitrogens with zero attached hydrogens (tertiary/aromatic N) is 1. The Morgan fingerprint density at radius 3 is 2.50 bits per heavy atom. The Morgan fingerprint density at radius 2 is 1.92 bits per heavy atom. The van der Waals surface area contributed by atoms with Crippen LogP contribution >= 0.6 is 0 Å². The topological polar surface area (TPSA) is 62.1 Å². The first-order chi connectivity index (χ1) is 11.5. The van der Waals surface area contributed by atoms with E-state index in [4.69, 9.17) is 4.74 Å². The van der Waals surface area contributed by atoms with E-state index >= 15 is 0 Å². The van der Waals surface area contributed by atoms with E-state index in [1.165, 1.54) is 5.56 Å². The van der Waals surface area contributed by atoms with E-state index in [-0.39, 0.29) is 5.57 Å². The van der Waals surface area contributed by atoms with Crippen LogP contribution in [-0.2, 0) is 4.79 Å². The monoisotopic (exact) mass is 320 g/mol. The van der Waals surface area contributed by atoms with Crippen LogP contribution in [0.5, 0.6) is 5.75 Å². The van der Waals surface area contributed by atoms with Gasteiger partial charge in [-0.05, 0) is 35.3 Å². The molecule has 0 atom stereocenters. The predicted molar refractivity (Wildman–Crippen MR) is 95.7 cm³/mol. The minimum Gasteiger partial charge on any atom is -0.497 e. The lowest BCUT2D eigenvalue weighted by Gasteiger charge is -2.07. The van der Waals surface area contributed by atoms with Crippen LogP contribution in [0.1, 0.15) is 30.9 Å². The number of carbonyl (C=O) groups is 1. The fraction of sp³-hybridized carbons (Fsp3) is 0.200. The molecule has 4 heteroatoms. The second-order valence-corrected chi connectivity index (χ2v) is 5.68. The zero-order valence-electron chi connectivity index (χ0n) is 14.0. The average Bonchev–Trinajstić information content (AvgIpc) is 2.60. The number of hydrogen-bond acceptors (Lipinski definition) is 3. The second-order valence-electron chi connectivity index (χ2n) is 5.68. The van der Waals surface area contributed by atoms with Crippen molar-refractivity contribution in [1.82, 2.24) is 0 Å². The molecule has 0 spiro atoms. The summed E-state index contributed by atoms with van der Waals surface area (Å²) in [5, 5.41) is 12.0. The predicted octanol–water partition coefficient (Wildman–Crippen LogP) is 4.36. The summed E-state index contributed by atoms with van der Waals surface area (Å²) in [6.07, 6.45) is 1.58. The lowest BCUT2D eigenvalue weighted by Crippen LogP contribution is -2.13. The van der Waals surface area contributed by atoms with Crippen molar-refractivity contribution in [3.8, 4) is 11.8 Å². The third-order valence-electron chi connectivity index (χ3n) is 3.61. The number of anilines is 1. The van der Waals surface area contributed by atoms with Gasteiger partial charge in [-0.1, -0.05) is 44.2 Å². The van der Waals surface area contributed by atoms with Gasteiger partial charge in [-0.15, -0.1) is 0 Å². The molecule has 24 heavy (non-hydrogen) atoms. The highest BCUT2D eigenvalue weighted by atomic mass is 16.5. The van der Waals surface area contributed by atoms with Crippen LogP contribution in [0.25, 0.3) is 6.08 Å². The standard InChI is InChI=1S/C20H20N2O2/c1-14(2)16-9-7-15(8-10-16)11-17(13-21)20(23)22-18-5-4-6-19(12-18)24-3/h4-12,14H,1-3H3,(H,22,23)/b17-11-. The number of rotatable bonds is 5. The molecule has 2 aromatic carbocycles. The van der Waals surface area contributed by atoms with Gasteiger partial charge in [0.25, 0.3) is 5.91 Å². The van der Waals surface area contributed by atoms with E-state index in [1.54, 1.807) is 37.5 Å². The van der Waals surface area contributed by atoms with Gasteiger partial charge in [0, 0.05) is 11.8 Å². The van der Waals surface area contributed by atoms with Gasteiger partial charge in [0.2, 0.25) is 0 Å². The zero-order valence-corrected chi connectivity index (χ0v) is 14.0. The Balaban J connectivity index is 2.17. The first-order valence-corrected chi connectivity index (χ1v) is 7.70. The first kappa shape index (κ1) is 17.3. The maximum absolute atomic E-state index is 12.3. The smallest absolute Gasteiger partial charge is 0.266 e. The summed E-state index contributed by atoms with van der Waals surface area (Å²) in [7, 11) is 1.56. The highest BCUT2D eigenvalue weighted by molar-refractivity contribution is 6.09. The van der Waals surface area contributed by atoms with E-state index < -0.39 is 5.91 Å². The molecule has 1 amide bonds. The van der Waals surface area contributed by atoms with Crippen molar-refractivity contribution >= 4 is 17.7 Å². The Hall–Kier alpha value is -3.06. The molecule has 0 unspecified atom stereocenters. The normalized spacial score (nSPS) is 11.0. The number of benzene rings is 2. The van der Waals surface area contributed by atoms with Gasteiger partial charge in [-0.2, -0.15) is 5.26 Å². The molecule has 2 rings (SSSR count). The summed E-state index contributed by atoms with van der Waals surface area (Å²) in [6, 6.07) is 16.8. The molecular formula is C20H20N2O2. The van der Waals surface area contributed by atoms with Gasteiger partial charge < -0.3 is 10.1 Å². The molecule has 0 radical (unpaired) electrons. The van der Waals surface area contributed by atoms with Crippen molar-refractivity contribution in [1.29, 1.82) is 5.26 Å². The first-order valence-electron chi connectivity index (χ1n) is 7.70. The summed E-state index contributed by atoms with van der Waals surface area (Å²) < 4.78 is 5.12. The summed E-state index contributed by atoms with van der Waals surface area (Å²) >= 11 is 0. The van der Waals surface area contributed by atoms with E-state index in [1.807, 2.05) is 30.3 Å². The molecule has 0 fully saturated rings. The Labute approximate surface area is 142 Å². The number of methoxy groups -OCH3 is 1. The molecule has 1 N–H and O–H groups in total. The van der Waals surface area contributed by atoms with Gasteiger partial charge in [0.1, 0.15) is 17.4 Å². The molecule has 0 saturated carbocycles. The molecule has 0 aliphatic rings. The maximum atomic E-state index is 12.3. The number of hydrogen-bond donors (Lipinski definition) is 1. The van der Waals surface area contributed by atoms with Crippen LogP contribution in [0, 0.1) is 11.3 Å². The van der Waals surface area contributed by atoms with Crippen molar-refractivity contribution in [2.75, 3.05) is 12.4 Å². The third-order valence-corrected chi connectivity index (χ3v) is 3.61. The van der Waals surface area contributed by atoms with Gasteiger partial charge >= 0.3 is 0 Å². The van der Waals surface area contributed by atoms with Crippen molar-refractivity contribution < 1.29 is 9.53 Å². The lowest BCUT2D eigenvalue weighted by atomic mass is 10.0.